The third-order valence-corrected chi connectivity index (χ3v) is 4.01. The topological polar surface area (TPSA) is 78.9 Å². The predicted octanol–water partition coefficient (Wildman–Crippen LogP) is 0.582. The molecule has 2 aliphatic rings. The molecule has 102 valence electrons. The van der Waals surface area contributed by atoms with Crippen LogP contribution in [-0.4, -0.2) is 59.4 Å². The van der Waals surface area contributed by atoms with Crippen LogP contribution in [0.15, 0.2) is 0 Å². The van der Waals surface area contributed by atoms with Gasteiger partial charge in [-0.1, -0.05) is 0 Å². The monoisotopic (exact) mass is 274 g/mol. The molecule has 6 nitrogen and oxygen atoms in total. The number of thioether (sulfide) groups is 1. The molecule has 0 spiro atoms. The summed E-state index contributed by atoms with van der Waals surface area (Å²) < 4.78 is 5.39. The van der Waals surface area contributed by atoms with Crippen LogP contribution in [0, 0.1) is 5.92 Å². The van der Waals surface area contributed by atoms with Crippen LogP contribution < -0.4 is 5.32 Å². The predicted molar refractivity (Wildman–Crippen MR) is 67.5 cm³/mol. The van der Waals surface area contributed by atoms with E-state index in [1.54, 1.807) is 0 Å². The molecule has 1 aliphatic heterocycles. The van der Waals surface area contributed by atoms with Crippen molar-refractivity contribution in [3.05, 3.63) is 0 Å². The molecule has 2 amide bonds. The van der Waals surface area contributed by atoms with Crippen molar-refractivity contribution in [2.45, 2.75) is 18.9 Å². The van der Waals surface area contributed by atoms with Gasteiger partial charge in [0, 0.05) is 18.9 Å². The number of amides is 2. The van der Waals surface area contributed by atoms with Gasteiger partial charge in [0.25, 0.3) is 0 Å². The van der Waals surface area contributed by atoms with Crippen LogP contribution >= 0.6 is 11.8 Å². The third-order valence-electron chi connectivity index (χ3n) is 3.00. The molecule has 1 heterocycles. The van der Waals surface area contributed by atoms with Crippen LogP contribution in [0.4, 0.5) is 4.79 Å². The fraction of sp³-hybridized carbons (Fsp3) is 0.818. The first-order chi connectivity index (χ1) is 8.68. The minimum atomic E-state index is -0.944. The highest BCUT2D eigenvalue weighted by atomic mass is 32.2. The molecule has 7 heteroatoms. The van der Waals surface area contributed by atoms with Gasteiger partial charge < -0.3 is 20.1 Å². The molecular weight excluding hydrogens is 256 g/mol. The Kier molecular flexibility index (Phi) is 4.71. The van der Waals surface area contributed by atoms with Gasteiger partial charge in [0.1, 0.15) is 6.04 Å². The molecule has 0 aromatic rings. The van der Waals surface area contributed by atoms with Crippen LogP contribution in [0.1, 0.15) is 12.8 Å². The summed E-state index contributed by atoms with van der Waals surface area (Å²) in [6, 6.07) is -1.02. The molecule has 2 fully saturated rings. The number of nitrogens with one attached hydrogen (secondary N) is 1. The third kappa shape index (κ3) is 3.78. The van der Waals surface area contributed by atoms with Crippen molar-refractivity contribution in [3.63, 3.8) is 0 Å². The Morgan fingerprint density at radius 1 is 1.44 bits per heavy atom. The largest absolute Gasteiger partial charge is 0.480 e. The van der Waals surface area contributed by atoms with Crippen LogP contribution in [0.2, 0.25) is 0 Å². The lowest BCUT2D eigenvalue weighted by Gasteiger charge is -2.20. The summed E-state index contributed by atoms with van der Waals surface area (Å²) in [6.07, 6.45) is 2.50. The van der Waals surface area contributed by atoms with Gasteiger partial charge in [-0.05, 0) is 18.8 Å². The zero-order chi connectivity index (χ0) is 13.0. The van der Waals surface area contributed by atoms with Crippen molar-refractivity contribution in [2.24, 2.45) is 5.92 Å². The Hall–Kier alpha value is -0.950. The number of nitrogens with zero attached hydrogens (tertiary/aromatic N) is 1. The van der Waals surface area contributed by atoms with E-state index in [0.717, 1.165) is 6.61 Å². The van der Waals surface area contributed by atoms with E-state index in [9.17, 15) is 9.59 Å². The maximum atomic E-state index is 11.8. The number of hydrogen-bond donors (Lipinski definition) is 2. The molecule has 1 saturated carbocycles. The Morgan fingerprint density at radius 2 is 2.22 bits per heavy atom. The second-order valence-electron chi connectivity index (χ2n) is 4.57. The lowest BCUT2D eigenvalue weighted by molar-refractivity contribution is -0.140. The second-order valence-corrected chi connectivity index (χ2v) is 5.57. The fourth-order valence-corrected chi connectivity index (χ4v) is 2.86. The molecule has 0 aromatic heterocycles. The summed E-state index contributed by atoms with van der Waals surface area (Å²) in [5.74, 6) is 0.666. The summed E-state index contributed by atoms with van der Waals surface area (Å²) in [7, 11) is 0. The van der Waals surface area contributed by atoms with Crippen molar-refractivity contribution >= 4 is 23.8 Å². The van der Waals surface area contributed by atoms with E-state index < -0.39 is 12.0 Å². The van der Waals surface area contributed by atoms with Gasteiger partial charge in [-0.3, -0.25) is 0 Å². The Balaban J connectivity index is 1.62. The molecule has 0 aromatic carbocycles. The number of carbonyl (C=O) groups excluding carboxylic acids is 1. The number of ether oxygens (including phenoxy) is 1. The summed E-state index contributed by atoms with van der Waals surface area (Å²) in [5, 5.41) is 11.6. The quantitative estimate of drug-likeness (QED) is 0.693. The number of carboxylic acids is 1. The summed E-state index contributed by atoms with van der Waals surface area (Å²) >= 11 is 1.46. The highest BCUT2D eigenvalue weighted by molar-refractivity contribution is 7.99. The number of rotatable bonds is 6. The highest BCUT2D eigenvalue weighted by Gasteiger charge is 2.34. The van der Waals surface area contributed by atoms with Gasteiger partial charge in [-0.25, -0.2) is 9.59 Å². The van der Waals surface area contributed by atoms with Crippen molar-refractivity contribution in [3.8, 4) is 0 Å². The van der Waals surface area contributed by atoms with Gasteiger partial charge in [-0.15, -0.1) is 11.8 Å². The Bertz CT molecular complexity index is 322. The van der Waals surface area contributed by atoms with E-state index in [0.29, 0.717) is 30.7 Å². The number of aliphatic carboxylic acids is 1. The molecular formula is C11H18N2O4S. The maximum Gasteiger partial charge on any atom is 0.327 e. The molecule has 1 atom stereocenters. The van der Waals surface area contributed by atoms with E-state index in [2.05, 4.69) is 5.32 Å². The number of urea groups is 1. The number of carboxylic acid groups (broad SMARTS) is 1. The fourth-order valence-electron chi connectivity index (χ4n) is 1.71. The zero-order valence-corrected chi connectivity index (χ0v) is 10.9. The summed E-state index contributed by atoms with van der Waals surface area (Å²) in [4.78, 5) is 24.0. The molecule has 18 heavy (non-hydrogen) atoms. The van der Waals surface area contributed by atoms with Crippen LogP contribution in [-0.2, 0) is 9.53 Å². The SMILES string of the molecule is O=C(O)C1CSCN1C(=O)NCCOCC1CC1. The Labute approximate surface area is 110 Å². The van der Waals surface area contributed by atoms with E-state index in [4.69, 9.17) is 9.84 Å². The molecule has 2 N–H and O–H groups in total. The van der Waals surface area contributed by atoms with Crippen LogP contribution in [0.5, 0.6) is 0 Å². The van der Waals surface area contributed by atoms with Gasteiger partial charge in [0.15, 0.2) is 0 Å². The molecule has 0 bridgehead atoms. The van der Waals surface area contributed by atoms with E-state index in [1.807, 2.05) is 0 Å². The normalized spacial score (nSPS) is 23.1. The minimum absolute atomic E-state index is 0.317. The first kappa shape index (κ1) is 13.5. The highest BCUT2D eigenvalue weighted by Crippen LogP contribution is 2.28. The molecule has 2 rings (SSSR count). The number of hydrogen-bond acceptors (Lipinski definition) is 4. The summed E-state index contributed by atoms with van der Waals surface area (Å²) in [6.45, 7) is 1.69. The van der Waals surface area contributed by atoms with Gasteiger partial charge in [-0.2, -0.15) is 0 Å². The summed E-state index contributed by atoms with van der Waals surface area (Å²) in [5.41, 5.74) is 0. The molecule has 1 saturated heterocycles. The lowest BCUT2D eigenvalue weighted by Crippen LogP contribution is -2.47. The van der Waals surface area contributed by atoms with E-state index in [1.165, 1.54) is 29.5 Å². The lowest BCUT2D eigenvalue weighted by atomic mass is 10.3. The van der Waals surface area contributed by atoms with Crippen LogP contribution in [0.25, 0.3) is 0 Å². The minimum Gasteiger partial charge on any atom is -0.480 e. The second kappa shape index (κ2) is 6.29. The standard InChI is InChI=1S/C11H18N2O4S/c14-10(15)9-6-18-7-13(9)11(16)12-3-4-17-5-8-1-2-8/h8-9H,1-7H2,(H,12,16)(H,14,15). The smallest absolute Gasteiger partial charge is 0.327 e. The Morgan fingerprint density at radius 3 is 2.89 bits per heavy atom. The number of carbonyl (C=O) groups is 2. The average Bonchev–Trinajstić information content (AvgIpc) is 3.02. The van der Waals surface area contributed by atoms with Gasteiger partial charge >= 0.3 is 12.0 Å². The van der Waals surface area contributed by atoms with Crippen molar-refractivity contribution < 1.29 is 19.4 Å². The van der Waals surface area contributed by atoms with E-state index in [-0.39, 0.29) is 6.03 Å². The van der Waals surface area contributed by atoms with Crippen LogP contribution in [0.3, 0.4) is 0 Å². The molecule has 1 aliphatic carbocycles. The molecule has 1 unspecified atom stereocenters. The van der Waals surface area contributed by atoms with Gasteiger partial charge in [0.05, 0.1) is 12.5 Å². The van der Waals surface area contributed by atoms with Gasteiger partial charge in [0.2, 0.25) is 0 Å². The van der Waals surface area contributed by atoms with Crippen molar-refractivity contribution in [1.82, 2.24) is 10.2 Å². The average molecular weight is 274 g/mol. The maximum absolute atomic E-state index is 11.8. The molecule has 0 radical (unpaired) electrons. The first-order valence-corrected chi connectivity index (χ1v) is 7.26. The van der Waals surface area contributed by atoms with Crippen molar-refractivity contribution in [1.29, 1.82) is 0 Å². The first-order valence-electron chi connectivity index (χ1n) is 6.11. The zero-order valence-electron chi connectivity index (χ0n) is 10.1. The van der Waals surface area contributed by atoms with Crippen molar-refractivity contribution in [2.75, 3.05) is 31.4 Å². The van der Waals surface area contributed by atoms with E-state index >= 15 is 0 Å².